The van der Waals surface area contributed by atoms with Crippen LogP contribution in [0.3, 0.4) is 0 Å². The molecule has 2 aromatic carbocycles. The molecule has 0 bridgehead atoms. The minimum absolute atomic E-state index is 0.360. The van der Waals surface area contributed by atoms with Gasteiger partial charge < -0.3 is 14.8 Å². The number of amides is 1. The molecule has 8 heteroatoms. The van der Waals surface area contributed by atoms with E-state index in [1.54, 1.807) is 31.2 Å². The Bertz CT molecular complexity index is 946. The van der Waals surface area contributed by atoms with Crippen molar-refractivity contribution in [3.05, 3.63) is 54.1 Å². The molecule has 0 radical (unpaired) electrons. The van der Waals surface area contributed by atoms with Gasteiger partial charge in [0.25, 0.3) is 0 Å². The summed E-state index contributed by atoms with van der Waals surface area (Å²) in [7, 11) is -2.17. The summed E-state index contributed by atoms with van der Waals surface area (Å²) in [5.41, 5.74) is 1.46. The van der Waals surface area contributed by atoms with Crippen molar-refractivity contribution in [2.45, 2.75) is 32.7 Å². The molecule has 0 aliphatic heterocycles. The Labute approximate surface area is 179 Å². The number of anilines is 1. The Balaban J connectivity index is 2.01. The summed E-state index contributed by atoms with van der Waals surface area (Å²) in [5, 5.41) is 2.84. The maximum absolute atomic E-state index is 12.7. The first kappa shape index (κ1) is 23.5. The number of carbonyl (C=O) groups excluding carboxylic acids is 1. The van der Waals surface area contributed by atoms with E-state index in [9.17, 15) is 13.2 Å². The highest BCUT2D eigenvalue weighted by molar-refractivity contribution is 7.92. The minimum atomic E-state index is -3.67. The van der Waals surface area contributed by atoms with Crippen molar-refractivity contribution in [2.24, 2.45) is 0 Å². The molecule has 30 heavy (non-hydrogen) atoms. The average Bonchev–Trinajstić information content (AvgIpc) is 2.71. The third kappa shape index (κ3) is 6.38. The number of ether oxygens (including phenoxy) is 2. The zero-order chi connectivity index (χ0) is 22.1. The zero-order valence-electron chi connectivity index (χ0n) is 17.9. The summed E-state index contributed by atoms with van der Waals surface area (Å²) in [6, 6.07) is 13.5. The molecule has 164 valence electrons. The van der Waals surface area contributed by atoms with E-state index in [0.29, 0.717) is 31.0 Å². The van der Waals surface area contributed by atoms with E-state index in [1.165, 1.54) is 7.11 Å². The Morgan fingerprint density at radius 3 is 2.57 bits per heavy atom. The Morgan fingerprint density at radius 2 is 1.90 bits per heavy atom. The van der Waals surface area contributed by atoms with Crippen molar-refractivity contribution in [2.75, 3.05) is 30.8 Å². The molecular formula is C22H30N2O5S. The van der Waals surface area contributed by atoms with Crippen LogP contribution in [0.15, 0.2) is 48.5 Å². The number of sulfonamides is 1. The number of methoxy groups -OCH3 is 1. The van der Waals surface area contributed by atoms with Crippen LogP contribution in [-0.2, 0) is 21.2 Å². The molecule has 0 aromatic heterocycles. The third-order valence-corrected chi connectivity index (χ3v) is 5.83. The van der Waals surface area contributed by atoms with Crippen LogP contribution in [0, 0.1) is 0 Å². The molecule has 0 fully saturated rings. The predicted octanol–water partition coefficient (Wildman–Crippen LogP) is 3.00. The molecule has 0 heterocycles. The molecule has 1 amide bonds. The monoisotopic (exact) mass is 434 g/mol. The van der Waals surface area contributed by atoms with Gasteiger partial charge >= 0.3 is 0 Å². The summed E-state index contributed by atoms with van der Waals surface area (Å²) >= 11 is 0. The molecule has 0 saturated carbocycles. The van der Waals surface area contributed by atoms with E-state index in [1.807, 2.05) is 31.2 Å². The summed E-state index contributed by atoms with van der Waals surface area (Å²) in [6.07, 6.45) is 2.54. The second-order valence-electron chi connectivity index (χ2n) is 6.87. The smallest absolute Gasteiger partial charge is 0.243 e. The largest absolute Gasteiger partial charge is 0.497 e. The van der Waals surface area contributed by atoms with Crippen LogP contribution in [0.1, 0.15) is 25.8 Å². The third-order valence-electron chi connectivity index (χ3n) is 4.59. The standard InChI is InChI=1S/C22H30N2O5S/c1-5-29-21-14-7-6-10-18(21)11-9-15-23-22(25)17(2)24(30(4,26)27)19-12-8-13-20(16-19)28-3/h6-8,10,12-14,16-17H,5,9,11,15H2,1-4H3,(H,23,25)/t17-/m1/s1. The Kier molecular flexibility index (Phi) is 8.53. The lowest BCUT2D eigenvalue weighted by molar-refractivity contribution is -0.121. The summed E-state index contributed by atoms with van der Waals surface area (Å²) < 4.78 is 36.7. The van der Waals surface area contributed by atoms with Gasteiger partial charge in [0, 0.05) is 12.6 Å². The summed E-state index contributed by atoms with van der Waals surface area (Å²) in [4.78, 5) is 12.7. The highest BCUT2D eigenvalue weighted by Crippen LogP contribution is 2.25. The minimum Gasteiger partial charge on any atom is -0.497 e. The Hall–Kier alpha value is -2.74. The second-order valence-corrected chi connectivity index (χ2v) is 8.73. The van der Waals surface area contributed by atoms with E-state index < -0.39 is 16.1 Å². The molecule has 0 saturated heterocycles. The van der Waals surface area contributed by atoms with Crippen LogP contribution in [-0.4, -0.2) is 46.9 Å². The molecule has 0 aliphatic carbocycles. The molecule has 0 unspecified atom stereocenters. The van der Waals surface area contributed by atoms with Gasteiger partial charge in [0.15, 0.2) is 0 Å². The summed E-state index contributed by atoms with van der Waals surface area (Å²) in [6.45, 7) is 4.53. The van der Waals surface area contributed by atoms with Gasteiger partial charge in [-0.05, 0) is 50.5 Å². The molecule has 1 atom stereocenters. The van der Waals surface area contributed by atoms with Crippen LogP contribution in [0.4, 0.5) is 5.69 Å². The summed E-state index contributed by atoms with van der Waals surface area (Å²) in [5.74, 6) is 1.00. The molecule has 0 aliphatic rings. The fourth-order valence-corrected chi connectivity index (χ4v) is 4.37. The molecule has 0 spiro atoms. The second kappa shape index (κ2) is 10.9. The highest BCUT2D eigenvalue weighted by atomic mass is 32.2. The topological polar surface area (TPSA) is 84.9 Å². The van der Waals surface area contributed by atoms with E-state index >= 15 is 0 Å². The van der Waals surface area contributed by atoms with Gasteiger partial charge in [-0.3, -0.25) is 9.10 Å². The van der Waals surface area contributed by atoms with Gasteiger partial charge in [-0.15, -0.1) is 0 Å². The molecule has 7 nitrogen and oxygen atoms in total. The normalized spacial score (nSPS) is 12.1. The predicted molar refractivity (Wildman–Crippen MR) is 119 cm³/mol. The van der Waals surface area contributed by atoms with Gasteiger partial charge in [-0.1, -0.05) is 24.3 Å². The number of hydrogen-bond acceptors (Lipinski definition) is 5. The van der Waals surface area contributed by atoms with Gasteiger partial charge in [0.1, 0.15) is 17.5 Å². The number of carbonyl (C=O) groups is 1. The highest BCUT2D eigenvalue weighted by Gasteiger charge is 2.29. The number of nitrogens with one attached hydrogen (secondary N) is 1. The van der Waals surface area contributed by atoms with Crippen LogP contribution >= 0.6 is 0 Å². The quantitative estimate of drug-likeness (QED) is 0.550. The number of hydrogen-bond donors (Lipinski definition) is 1. The zero-order valence-corrected chi connectivity index (χ0v) is 18.7. The molecule has 2 aromatic rings. The van der Waals surface area contributed by atoms with Crippen molar-refractivity contribution >= 4 is 21.6 Å². The van der Waals surface area contributed by atoms with Crippen LogP contribution in [0.25, 0.3) is 0 Å². The SMILES string of the molecule is CCOc1ccccc1CCCNC(=O)[C@@H](C)N(c1cccc(OC)c1)S(C)(=O)=O. The van der Waals surface area contributed by atoms with Gasteiger partial charge in [-0.25, -0.2) is 8.42 Å². The van der Waals surface area contributed by atoms with E-state index in [2.05, 4.69) is 5.32 Å². The Morgan fingerprint density at radius 1 is 1.17 bits per heavy atom. The number of aryl methyl sites for hydroxylation is 1. The molecule has 1 N–H and O–H groups in total. The maximum atomic E-state index is 12.7. The van der Waals surface area contributed by atoms with E-state index in [-0.39, 0.29) is 5.91 Å². The lowest BCUT2D eigenvalue weighted by atomic mass is 10.1. The number of rotatable bonds is 11. The van der Waals surface area contributed by atoms with Crippen LogP contribution in [0.5, 0.6) is 11.5 Å². The fraction of sp³-hybridized carbons (Fsp3) is 0.409. The number of para-hydroxylation sites is 1. The number of benzene rings is 2. The first-order valence-corrected chi connectivity index (χ1v) is 11.7. The molecule has 2 rings (SSSR count). The average molecular weight is 435 g/mol. The lowest BCUT2D eigenvalue weighted by Crippen LogP contribution is -2.48. The van der Waals surface area contributed by atoms with E-state index in [4.69, 9.17) is 9.47 Å². The van der Waals surface area contributed by atoms with Crippen molar-refractivity contribution < 1.29 is 22.7 Å². The van der Waals surface area contributed by atoms with Crippen LogP contribution < -0.4 is 19.1 Å². The van der Waals surface area contributed by atoms with Crippen LogP contribution in [0.2, 0.25) is 0 Å². The number of nitrogens with zero attached hydrogens (tertiary/aromatic N) is 1. The lowest BCUT2D eigenvalue weighted by Gasteiger charge is -2.28. The van der Waals surface area contributed by atoms with E-state index in [0.717, 1.165) is 28.3 Å². The first-order chi connectivity index (χ1) is 14.3. The van der Waals surface area contributed by atoms with Crippen molar-refractivity contribution in [1.82, 2.24) is 5.32 Å². The van der Waals surface area contributed by atoms with Crippen molar-refractivity contribution in [3.63, 3.8) is 0 Å². The van der Waals surface area contributed by atoms with Crippen molar-refractivity contribution in [3.8, 4) is 11.5 Å². The molecular weight excluding hydrogens is 404 g/mol. The van der Waals surface area contributed by atoms with Gasteiger partial charge in [-0.2, -0.15) is 0 Å². The fourth-order valence-electron chi connectivity index (χ4n) is 3.20. The van der Waals surface area contributed by atoms with Crippen molar-refractivity contribution in [1.29, 1.82) is 0 Å². The first-order valence-electron chi connectivity index (χ1n) is 9.89. The maximum Gasteiger partial charge on any atom is 0.243 e. The van der Waals surface area contributed by atoms with Gasteiger partial charge in [0.2, 0.25) is 15.9 Å². The van der Waals surface area contributed by atoms with Gasteiger partial charge in [0.05, 0.1) is 25.7 Å².